The zero-order valence-electron chi connectivity index (χ0n) is 8.29. The highest BCUT2D eigenvalue weighted by Crippen LogP contribution is 2.25. The van der Waals surface area contributed by atoms with Crippen LogP contribution in [0.2, 0.25) is 0 Å². The molecule has 9 heteroatoms. The molecule has 0 saturated heterocycles. The van der Waals surface area contributed by atoms with E-state index in [-0.39, 0.29) is 5.82 Å². The Morgan fingerprint density at radius 1 is 1.44 bits per heavy atom. The van der Waals surface area contributed by atoms with E-state index in [1.807, 2.05) is 0 Å². The Kier molecular flexibility index (Phi) is 5.94. The summed E-state index contributed by atoms with van der Waals surface area (Å²) >= 11 is 0. The number of anilines is 1. The molecule has 0 aromatic heterocycles. The maximum atomic E-state index is 12.5. The van der Waals surface area contributed by atoms with Crippen LogP contribution in [0.4, 0.5) is 10.1 Å². The zero-order valence-corrected chi connectivity index (χ0v) is 9.19. The van der Waals surface area contributed by atoms with Gasteiger partial charge in [0.15, 0.2) is 0 Å². The summed E-state index contributed by atoms with van der Waals surface area (Å²) in [6.45, 7) is 0. The number of nitrogens with one attached hydrogen (secondary N) is 1. The van der Waals surface area contributed by atoms with Crippen LogP contribution >= 0.6 is 7.82 Å². The molecule has 7 nitrogen and oxygen atoms in total. The number of ether oxygens (including phenoxy) is 1. The predicted octanol–water partition coefficient (Wildman–Crippen LogP) is 0.191. The van der Waals surface area contributed by atoms with Crippen molar-refractivity contribution in [1.82, 2.24) is 0 Å². The van der Waals surface area contributed by atoms with Gasteiger partial charge >= 0.3 is 7.82 Å². The van der Waals surface area contributed by atoms with Crippen molar-refractivity contribution < 1.29 is 28.4 Å². The van der Waals surface area contributed by atoms with Crippen LogP contribution in [-0.4, -0.2) is 21.8 Å². The van der Waals surface area contributed by atoms with Crippen LogP contribution in [0.5, 0.6) is 5.75 Å². The zero-order chi connectivity index (χ0) is 12.8. The Balaban J connectivity index is 0.000000385. The Hall–Kier alpha value is -1.18. The number of halogens is 1. The molecule has 1 aromatic rings. The second-order valence-electron chi connectivity index (χ2n) is 2.50. The molecule has 0 amide bonds. The number of phosphoric acid groups is 1. The molecule has 92 valence electrons. The fraction of sp³-hybridized carbons (Fsp3) is 0.143. The Morgan fingerprint density at radius 2 is 1.94 bits per heavy atom. The molecule has 16 heavy (non-hydrogen) atoms. The van der Waals surface area contributed by atoms with Crippen molar-refractivity contribution in [3.05, 3.63) is 24.0 Å². The summed E-state index contributed by atoms with van der Waals surface area (Å²) in [6, 6.07) is 4.07. The lowest BCUT2D eigenvalue weighted by Crippen LogP contribution is -2.08. The van der Waals surface area contributed by atoms with Gasteiger partial charge in [-0.25, -0.2) is 8.96 Å². The predicted molar refractivity (Wildman–Crippen MR) is 55.0 cm³/mol. The molecule has 0 spiro atoms. The van der Waals surface area contributed by atoms with E-state index in [0.29, 0.717) is 11.4 Å². The van der Waals surface area contributed by atoms with Gasteiger partial charge in [-0.2, -0.15) is 0 Å². The standard InChI is InChI=1S/C7H9FN2O.H3O4P/c1-11-7-4-5(8)2-3-6(7)10-9;1-5(2,3)4/h2-4,10H,9H2,1H3;(H3,1,2,3,4). The van der Waals surface area contributed by atoms with Gasteiger partial charge in [0.1, 0.15) is 11.6 Å². The molecular weight excluding hydrogens is 242 g/mol. The molecule has 0 fully saturated rings. The van der Waals surface area contributed by atoms with Crippen molar-refractivity contribution in [2.45, 2.75) is 0 Å². The molecule has 0 saturated carbocycles. The summed E-state index contributed by atoms with van der Waals surface area (Å²) in [7, 11) is -3.18. The molecule has 0 heterocycles. The van der Waals surface area contributed by atoms with E-state index in [4.69, 9.17) is 29.8 Å². The molecule has 1 aromatic carbocycles. The van der Waals surface area contributed by atoms with Gasteiger partial charge in [-0.3, -0.25) is 5.84 Å². The second-order valence-corrected chi connectivity index (χ2v) is 3.53. The lowest BCUT2D eigenvalue weighted by molar-refractivity contribution is 0.275. The van der Waals surface area contributed by atoms with E-state index >= 15 is 0 Å². The number of hydrogen-bond acceptors (Lipinski definition) is 4. The monoisotopic (exact) mass is 254 g/mol. The highest BCUT2D eigenvalue weighted by molar-refractivity contribution is 7.45. The van der Waals surface area contributed by atoms with E-state index in [1.54, 1.807) is 0 Å². The lowest BCUT2D eigenvalue weighted by Gasteiger charge is -2.06. The maximum absolute atomic E-state index is 12.5. The largest absolute Gasteiger partial charge is 0.494 e. The highest BCUT2D eigenvalue weighted by atomic mass is 31.2. The Labute approximate surface area is 90.9 Å². The van der Waals surface area contributed by atoms with Crippen molar-refractivity contribution in [3.63, 3.8) is 0 Å². The summed E-state index contributed by atoms with van der Waals surface area (Å²) in [5.41, 5.74) is 2.95. The smallest absolute Gasteiger partial charge is 0.466 e. The Bertz CT molecular complexity index is 375. The third-order valence-electron chi connectivity index (χ3n) is 1.32. The number of nitrogen functional groups attached to an aromatic ring is 1. The average molecular weight is 254 g/mol. The maximum Gasteiger partial charge on any atom is 0.466 e. The minimum Gasteiger partial charge on any atom is -0.494 e. The molecule has 0 atom stereocenters. The van der Waals surface area contributed by atoms with Crippen LogP contribution in [0.1, 0.15) is 0 Å². The van der Waals surface area contributed by atoms with Gasteiger partial charge in [-0.15, -0.1) is 0 Å². The number of hydrazine groups is 1. The molecule has 0 bridgehead atoms. The number of benzene rings is 1. The first-order valence-corrected chi connectivity index (χ1v) is 5.43. The molecule has 0 aliphatic carbocycles. The van der Waals surface area contributed by atoms with E-state index in [1.165, 1.54) is 25.3 Å². The van der Waals surface area contributed by atoms with Gasteiger partial charge in [-0.05, 0) is 12.1 Å². The van der Waals surface area contributed by atoms with Crippen molar-refractivity contribution in [1.29, 1.82) is 0 Å². The van der Waals surface area contributed by atoms with Gasteiger partial charge in [0.2, 0.25) is 0 Å². The summed E-state index contributed by atoms with van der Waals surface area (Å²) in [5, 5.41) is 0. The SMILES string of the molecule is COc1cc(F)ccc1NN.O=P(O)(O)O. The quantitative estimate of drug-likeness (QED) is 0.290. The number of nitrogens with two attached hydrogens (primary N) is 1. The first-order valence-electron chi connectivity index (χ1n) is 3.86. The summed E-state index contributed by atoms with van der Waals surface area (Å²) < 4.78 is 26.2. The number of hydrogen-bond donors (Lipinski definition) is 5. The highest BCUT2D eigenvalue weighted by Gasteiger charge is 2.01. The number of methoxy groups -OCH3 is 1. The number of rotatable bonds is 2. The van der Waals surface area contributed by atoms with Crippen molar-refractivity contribution in [2.75, 3.05) is 12.5 Å². The average Bonchev–Trinajstić information content (AvgIpc) is 2.15. The lowest BCUT2D eigenvalue weighted by atomic mass is 10.3. The van der Waals surface area contributed by atoms with E-state index < -0.39 is 7.82 Å². The minimum absolute atomic E-state index is 0.346. The minimum atomic E-state index is -4.64. The van der Waals surface area contributed by atoms with Gasteiger partial charge in [-0.1, -0.05) is 0 Å². The van der Waals surface area contributed by atoms with Gasteiger partial charge in [0, 0.05) is 6.07 Å². The normalized spacial score (nSPS) is 10.1. The van der Waals surface area contributed by atoms with Crippen molar-refractivity contribution in [2.24, 2.45) is 5.84 Å². The van der Waals surface area contributed by atoms with Crippen LogP contribution in [0, 0.1) is 5.82 Å². The summed E-state index contributed by atoms with van der Waals surface area (Å²) in [6.07, 6.45) is 0. The third kappa shape index (κ3) is 7.16. The first kappa shape index (κ1) is 14.8. The van der Waals surface area contributed by atoms with E-state index in [2.05, 4.69) is 5.43 Å². The molecular formula is C7H12FN2O5P. The van der Waals surface area contributed by atoms with E-state index in [0.717, 1.165) is 0 Å². The molecule has 0 radical (unpaired) electrons. The Morgan fingerprint density at radius 3 is 2.31 bits per heavy atom. The van der Waals surface area contributed by atoms with Crippen LogP contribution in [-0.2, 0) is 4.57 Å². The molecule has 1 rings (SSSR count). The summed E-state index contributed by atoms with van der Waals surface area (Å²) in [5.74, 6) is 5.17. The van der Waals surface area contributed by atoms with Gasteiger partial charge < -0.3 is 24.8 Å². The van der Waals surface area contributed by atoms with Crippen molar-refractivity contribution >= 4 is 13.5 Å². The van der Waals surface area contributed by atoms with Crippen LogP contribution < -0.4 is 16.0 Å². The van der Waals surface area contributed by atoms with Gasteiger partial charge in [0.05, 0.1) is 12.8 Å². The molecule has 0 aliphatic rings. The second kappa shape index (κ2) is 6.41. The third-order valence-corrected chi connectivity index (χ3v) is 1.32. The summed E-state index contributed by atoms with van der Waals surface area (Å²) in [4.78, 5) is 21.6. The van der Waals surface area contributed by atoms with Crippen LogP contribution in [0.3, 0.4) is 0 Å². The molecule has 0 aliphatic heterocycles. The fourth-order valence-corrected chi connectivity index (χ4v) is 0.784. The topological polar surface area (TPSA) is 125 Å². The molecule has 6 N–H and O–H groups in total. The fourth-order valence-electron chi connectivity index (χ4n) is 0.784. The van der Waals surface area contributed by atoms with Gasteiger partial charge in [0.25, 0.3) is 0 Å². The van der Waals surface area contributed by atoms with Crippen LogP contribution in [0.25, 0.3) is 0 Å². The molecule has 0 unspecified atom stereocenters. The first-order chi connectivity index (χ1) is 7.27. The van der Waals surface area contributed by atoms with Crippen LogP contribution in [0.15, 0.2) is 18.2 Å². The van der Waals surface area contributed by atoms with E-state index in [9.17, 15) is 4.39 Å². The van der Waals surface area contributed by atoms with Crippen molar-refractivity contribution in [3.8, 4) is 5.75 Å².